The summed E-state index contributed by atoms with van der Waals surface area (Å²) >= 11 is 0. The van der Waals surface area contributed by atoms with E-state index in [1.54, 1.807) is 7.11 Å². The number of imidazole rings is 1. The van der Waals surface area contributed by atoms with Crippen LogP contribution in [0.25, 0.3) is 11.3 Å². The Hall–Kier alpha value is -2.63. The summed E-state index contributed by atoms with van der Waals surface area (Å²) in [5, 5.41) is 0. The summed E-state index contributed by atoms with van der Waals surface area (Å²) in [5.41, 5.74) is 4.70. The van der Waals surface area contributed by atoms with Gasteiger partial charge >= 0.3 is 0 Å². The van der Waals surface area contributed by atoms with Gasteiger partial charge in [-0.05, 0) is 30.2 Å². The molecule has 0 aliphatic carbocycles. The number of aromatic amines is 1. The molecular formula is C22H25N3O2. The molecule has 140 valence electrons. The predicted octanol–water partition coefficient (Wildman–Crippen LogP) is 3.97. The van der Waals surface area contributed by atoms with Crippen LogP contribution in [0.15, 0.2) is 54.7 Å². The highest BCUT2D eigenvalue weighted by atomic mass is 16.5. The first-order chi connectivity index (χ1) is 13.2. The Kier molecular flexibility index (Phi) is 5.23. The van der Waals surface area contributed by atoms with E-state index < -0.39 is 0 Å². The second kappa shape index (κ2) is 7.94. The molecule has 2 heterocycles. The van der Waals surface area contributed by atoms with Crippen molar-refractivity contribution in [3.05, 3.63) is 71.7 Å². The van der Waals surface area contributed by atoms with Gasteiger partial charge in [0.25, 0.3) is 0 Å². The van der Waals surface area contributed by atoms with E-state index in [4.69, 9.17) is 9.47 Å². The van der Waals surface area contributed by atoms with Crippen LogP contribution in [0.3, 0.4) is 0 Å². The van der Waals surface area contributed by atoms with Gasteiger partial charge in [-0.3, -0.25) is 4.90 Å². The van der Waals surface area contributed by atoms with Gasteiger partial charge in [0.1, 0.15) is 11.6 Å². The van der Waals surface area contributed by atoms with Gasteiger partial charge < -0.3 is 14.5 Å². The van der Waals surface area contributed by atoms with Gasteiger partial charge in [-0.2, -0.15) is 0 Å². The van der Waals surface area contributed by atoms with E-state index in [2.05, 4.69) is 58.2 Å². The van der Waals surface area contributed by atoms with E-state index in [0.29, 0.717) is 6.61 Å². The first-order valence-corrected chi connectivity index (χ1v) is 9.29. The SMILES string of the molecule is COc1ccc(CN2CCOC[C@H]2c2ncc(-c3ccc(C)cc3)[nH]2)cc1. The number of nitrogens with one attached hydrogen (secondary N) is 1. The average molecular weight is 363 g/mol. The Morgan fingerprint density at radius 1 is 1.15 bits per heavy atom. The van der Waals surface area contributed by atoms with E-state index in [1.807, 2.05) is 18.3 Å². The minimum atomic E-state index is 0.125. The predicted molar refractivity (Wildman–Crippen MR) is 106 cm³/mol. The number of morpholine rings is 1. The van der Waals surface area contributed by atoms with Gasteiger partial charge in [-0.1, -0.05) is 42.0 Å². The molecule has 27 heavy (non-hydrogen) atoms. The zero-order chi connectivity index (χ0) is 18.6. The highest BCUT2D eigenvalue weighted by molar-refractivity contribution is 5.58. The number of methoxy groups -OCH3 is 1. The summed E-state index contributed by atoms with van der Waals surface area (Å²) in [6.07, 6.45) is 1.92. The number of ether oxygens (including phenoxy) is 2. The number of hydrogen-bond donors (Lipinski definition) is 1. The van der Waals surface area contributed by atoms with Crippen molar-refractivity contribution in [2.24, 2.45) is 0 Å². The molecule has 5 heteroatoms. The fraction of sp³-hybridized carbons (Fsp3) is 0.318. The molecule has 1 N–H and O–H groups in total. The monoisotopic (exact) mass is 363 g/mol. The van der Waals surface area contributed by atoms with Crippen LogP contribution < -0.4 is 4.74 Å². The van der Waals surface area contributed by atoms with Crippen LogP contribution in [0.4, 0.5) is 0 Å². The third-order valence-electron chi connectivity index (χ3n) is 5.06. The molecule has 1 aliphatic rings. The molecule has 0 radical (unpaired) electrons. The Morgan fingerprint density at radius 2 is 1.93 bits per heavy atom. The maximum absolute atomic E-state index is 5.75. The van der Waals surface area contributed by atoms with E-state index in [1.165, 1.54) is 11.1 Å². The first kappa shape index (κ1) is 17.8. The van der Waals surface area contributed by atoms with E-state index in [-0.39, 0.29) is 6.04 Å². The van der Waals surface area contributed by atoms with Crippen molar-refractivity contribution in [2.75, 3.05) is 26.9 Å². The van der Waals surface area contributed by atoms with Crippen molar-refractivity contribution < 1.29 is 9.47 Å². The summed E-state index contributed by atoms with van der Waals surface area (Å²) in [4.78, 5) is 10.6. The van der Waals surface area contributed by atoms with Crippen LogP contribution in [0, 0.1) is 6.92 Å². The van der Waals surface area contributed by atoms with Crippen LogP contribution in [-0.2, 0) is 11.3 Å². The summed E-state index contributed by atoms with van der Waals surface area (Å²) in [6.45, 7) is 5.24. The molecular weight excluding hydrogens is 338 g/mol. The van der Waals surface area contributed by atoms with Crippen LogP contribution in [-0.4, -0.2) is 41.7 Å². The number of nitrogens with zero attached hydrogens (tertiary/aromatic N) is 2. The van der Waals surface area contributed by atoms with Crippen LogP contribution in [0.5, 0.6) is 5.75 Å². The molecule has 0 amide bonds. The molecule has 5 nitrogen and oxygen atoms in total. The first-order valence-electron chi connectivity index (χ1n) is 9.29. The maximum Gasteiger partial charge on any atom is 0.126 e. The molecule has 0 unspecified atom stereocenters. The van der Waals surface area contributed by atoms with Crippen molar-refractivity contribution in [1.82, 2.24) is 14.9 Å². The minimum Gasteiger partial charge on any atom is -0.497 e. The van der Waals surface area contributed by atoms with Crippen LogP contribution in [0.1, 0.15) is 23.0 Å². The smallest absolute Gasteiger partial charge is 0.126 e. The molecule has 1 atom stereocenters. The molecule has 1 saturated heterocycles. The third-order valence-corrected chi connectivity index (χ3v) is 5.06. The number of aryl methyl sites for hydroxylation is 1. The largest absolute Gasteiger partial charge is 0.497 e. The van der Waals surface area contributed by atoms with Crippen molar-refractivity contribution in [3.8, 4) is 17.0 Å². The maximum atomic E-state index is 5.75. The summed E-state index contributed by atoms with van der Waals surface area (Å²) in [5.74, 6) is 1.84. The number of benzene rings is 2. The Balaban J connectivity index is 1.52. The lowest BCUT2D eigenvalue weighted by molar-refractivity contribution is -0.0156. The van der Waals surface area contributed by atoms with E-state index >= 15 is 0 Å². The van der Waals surface area contributed by atoms with E-state index in [9.17, 15) is 0 Å². The third kappa shape index (κ3) is 4.04. The van der Waals surface area contributed by atoms with Crippen LogP contribution in [0.2, 0.25) is 0 Å². The minimum absolute atomic E-state index is 0.125. The zero-order valence-electron chi connectivity index (χ0n) is 15.8. The molecule has 0 spiro atoms. The van der Waals surface area contributed by atoms with Crippen molar-refractivity contribution in [3.63, 3.8) is 0 Å². The van der Waals surface area contributed by atoms with Gasteiger partial charge in [0.2, 0.25) is 0 Å². The average Bonchev–Trinajstić information content (AvgIpc) is 3.19. The van der Waals surface area contributed by atoms with Gasteiger partial charge in [0.15, 0.2) is 0 Å². The Morgan fingerprint density at radius 3 is 2.67 bits per heavy atom. The second-order valence-electron chi connectivity index (χ2n) is 6.96. The van der Waals surface area contributed by atoms with Gasteiger partial charge in [0, 0.05) is 13.1 Å². The second-order valence-corrected chi connectivity index (χ2v) is 6.96. The molecule has 3 aromatic rings. The van der Waals surface area contributed by atoms with Crippen LogP contribution >= 0.6 is 0 Å². The van der Waals surface area contributed by atoms with Gasteiger partial charge in [-0.15, -0.1) is 0 Å². The Labute approximate surface area is 160 Å². The van der Waals surface area contributed by atoms with E-state index in [0.717, 1.165) is 42.5 Å². The molecule has 4 rings (SSSR count). The highest BCUT2D eigenvalue weighted by Crippen LogP contribution is 2.27. The highest BCUT2D eigenvalue weighted by Gasteiger charge is 2.27. The molecule has 2 aromatic carbocycles. The fourth-order valence-corrected chi connectivity index (χ4v) is 3.43. The topological polar surface area (TPSA) is 50.4 Å². The lowest BCUT2D eigenvalue weighted by atomic mass is 10.1. The molecule has 0 bridgehead atoms. The molecule has 1 fully saturated rings. The lowest BCUT2D eigenvalue weighted by Crippen LogP contribution is -2.39. The fourth-order valence-electron chi connectivity index (χ4n) is 3.43. The number of aromatic nitrogens is 2. The zero-order valence-corrected chi connectivity index (χ0v) is 15.8. The van der Waals surface area contributed by atoms with Gasteiger partial charge in [-0.25, -0.2) is 4.98 Å². The van der Waals surface area contributed by atoms with Crippen molar-refractivity contribution in [1.29, 1.82) is 0 Å². The lowest BCUT2D eigenvalue weighted by Gasteiger charge is -2.34. The van der Waals surface area contributed by atoms with Gasteiger partial charge in [0.05, 0.1) is 38.3 Å². The Bertz CT molecular complexity index is 871. The summed E-state index contributed by atoms with van der Waals surface area (Å²) in [7, 11) is 1.69. The number of hydrogen-bond acceptors (Lipinski definition) is 4. The van der Waals surface area contributed by atoms with Crippen molar-refractivity contribution in [2.45, 2.75) is 19.5 Å². The summed E-state index contributed by atoms with van der Waals surface area (Å²) in [6, 6.07) is 16.9. The summed E-state index contributed by atoms with van der Waals surface area (Å²) < 4.78 is 11.0. The molecule has 1 aromatic heterocycles. The normalized spacial score (nSPS) is 17.8. The molecule has 0 saturated carbocycles. The molecule has 1 aliphatic heterocycles. The number of rotatable bonds is 5. The number of H-pyrrole nitrogens is 1. The quantitative estimate of drug-likeness (QED) is 0.745. The standard InChI is InChI=1S/C22H25N3O2/c1-16-3-7-18(8-4-16)20-13-23-22(24-20)21-15-27-12-11-25(21)14-17-5-9-19(26-2)10-6-17/h3-10,13,21H,11-12,14-15H2,1-2H3,(H,23,24)/t21-/m0/s1. The van der Waals surface area contributed by atoms with Crippen molar-refractivity contribution >= 4 is 0 Å².